The van der Waals surface area contributed by atoms with Gasteiger partial charge in [-0.1, -0.05) is 0 Å². The van der Waals surface area contributed by atoms with Crippen molar-refractivity contribution < 1.29 is 14.2 Å². The summed E-state index contributed by atoms with van der Waals surface area (Å²) in [5.41, 5.74) is 0.955. The van der Waals surface area contributed by atoms with Crippen molar-refractivity contribution in [3.8, 4) is 5.75 Å². The second-order valence-electron chi connectivity index (χ2n) is 3.62. The van der Waals surface area contributed by atoms with Crippen LogP contribution in [-0.2, 0) is 9.47 Å². The maximum atomic E-state index is 5.23. The topological polar surface area (TPSA) is 39.7 Å². The molecule has 1 N–H and O–H groups in total. The van der Waals surface area contributed by atoms with E-state index in [1.165, 1.54) is 0 Å². The van der Waals surface area contributed by atoms with E-state index in [0.717, 1.165) is 15.9 Å². The molecule has 1 aromatic carbocycles. The lowest BCUT2D eigenvalue weighted by Gasteiger charge is -2.23. The number of methoxy groups -OCH3 is 3. The van der Waals surface area contributed by atoms with Crippen LogP contribution in [0.25, 0.3) is 0 Å². The zero-order chi connectivity index (χ0) is 12.8. The fourth-order valence-electron chi connectivity index (χ4n) is 1.58. The summed E-state index contributed by atoms with van der Waals surface area (Å²) in [6, 6.07) is 5.85. The standard InChI is InChI=1S/C12H18BrNO3/c1-8(12(16-3)17-4)14-9-5-6-10(13)11(7-9)15-2/h5-8,12,14H,1-4H3. The van der Waals surface area contributed by atoms with Gasteiger partial charge in [-0.15, -0.1) is 0 Å². The number of hydrogen-bond donors (Lipinski definition) is 1. The van der Waals surface area contributed by atoms with Crippen molar-refractivity contribution in [3.05, 3.63) is 22.7 Å². The lowest BCUT2D eigenvalue weighted by Crippen LogP contribution is -2.33. The monoisotopic (exact) mass is 303 g/mol. The molecule has 1 aromatic rings. The molecule has 0 saturated carbocycles. The van der Waals surface area contributed by atoms with Gasteiger partial charge in [-0.05, 0) is 35.0 Å². The third-order valence-electron chi connectivity index (χ3n) is 2.42. The fourth-order valence-corrected chi connectivity index (χ4v) is 1.99. The summed E-state index contributed by atoms with van der Waals surface area (Å²) in [4.78, 5) is 0. The van der Waals surface area contributed by atoms with Gasteiger partial charge in [0.2, 0.25) is 0 Å². The van der Waals surface area contributed by atoms with E-state index in [-0.39, 0.29) is 12.3 Å². The average molecular weight is 304 g/mol. The molecule has 0 aromatic heterocycles. The first-order valence-electron chi connectivity index (χ1n) is 5.28. The van der Waals surface area contributed by atoms with Crippen molar-refractivity contribution in [2.75, 3.05) is 26.6 Å². The molecule has 17 heavy (non-hydrogen) atoms. The van der Waals surface area contributed by atoms with Crippen molar-refractivity contribution in [1.82, 2.24) is 0 Å². The summed E-state index contributed by atoms with van der Waals surface area (Å²) in [5.74, 6) is 0.786. The van der Waals surface area contributed by atoms with Gasteiger partial charge in [-0.3, -0.25) is 0 Å². The second kappa shape index (κ2) is 6.83. The van der Waals surface area contributed by atoms with Crippen LogP contribution in [0.3, 0.4) is 0 Å². The molecule has 96 valence electrons. The first kappa shape index (κ1) is 14.3. The minimum absolute atomic E-state index is 0.0379. The quantitative estimate of drug-likeness (QED) is 0.820. The Morgan fingerprint density at radius 2 is 1.82 bits per heavy atom. The smallest absolute Gasteiger partial charge is 0.176 e. The van der Waals surface area contributed by atoms with E-state index in [1.807, 2.05) is 25.1 Å². The van der Waals surface area contributed by atoms with Gasteiger partial charge in [0.05, 0.1) is 17.6 Å². The molecule has 0 radical (unpaired) electrons. The van der Waals surface area contributed by atoms with Gasteiger partial charge in [0.25, 0.3) is 0 Å². The number of halogens is 1. The van der Waals surface area contributed by atoms with Crippen LogP contribution >= 0.6 is 15.9 Å². The minimum atomic E-state index is -0.287. The maximum absolute atomic E-state index is 5.23. The van der Waals surface area contributed by atoms with Crippen molar-refractivity contribution in [1.29, 1.82) is 0 Å². The lowest BCUT2D eigenvalue weighted by molar-refractivity contribution is -0.109. The zero-order valence-electron chi connectivity index (χ0n) is 10.5. The first-order chi connectivity index (χ1) is 8.12. The van der Waals surface area contributed by atoms with E-state index in [2.05, 4.69) is 21.2 Å². The van der Waals surface area contributed by atoms with Gasteiger partial charge in [-0.25, -0.2) is 0 Å². The molecule has 0 spiro atoms. The minimum Gasteiger partial charge on any atom is -0.495 e. The SMILES string of the molecule is COc1cc(NC(C)C(OC)OC)ccc1Br. The zero-order valence-corrected chi connectivity index (χ0v) is 12.1. The molecule has 0 heterocycles. The van der Waals surface area contributed by atoms with Crippen LogP contribution in [0.1, 0.15) is 6.92 Å². The first-order valence-corrected chi connectivity index (χ1v) is 6.07. The van der Waals surface area contributed by atoms with Gasteiger partial charge in [0.1, 0.15) is 5.75 Å². The van der Waals surface area contributed by atoms with Gasteiger partial charge >= 0.3 is 0 Å². The van der Waals surface area contributed by atoms with Gasteiger partial charge < -0.3 is 19.5 Å². The molecular formula is C12H18BrNO3. The van der Waals surface area contributed by atoms with E-state index in [9.17, 15) is 0 Å². The van der Waals surface area contributed by atoms with Gasteiger partial charge in [0.15, 0.2) is 6.29 Å². The molecule has 0 aliphatic heterocycles. The summed E-state index contributed by atoms with van der Waals surface area (Å²) < 4.78 is 16.5. The molecule has 0 fully saturated rings. The van der Waals surface area contributed by atoms with Crippen LogP contribution in [0.5, 0.6) is 5.75 Å². The van der Waals surface area contributed by atoms with Gasteiger partial charge in [0, 0.05) is 26.0 Å². The third kappa shape index (κ3) is 3.87. The van der Waals surface area contributed by atoms with E-state index in [1.54, 1.807) is 21.3 Å². The molecule has 0 saturated heterocycles. The highest BCUT2D eigenvalue weighted by molar-refractivity contribution is 9.10. The molecule has 5 heteroatoms. The second-order valence-corrected chi connectivity index (χ2v) is 4.48. The van der Waals surface area contributed by atoms with Crippen LogP contribution in [0.15, 0.2) is 22.7 Å². The number of rotatable bonds is 6. The van der Waals surface area contributed by atoms with E-state index >= 15 is 0 Å². The van der Waals surface area contributed by atoms with Gasteiger partial charge in [-0.2, -0.15) is 0 Å². The lowest BCUT2D eigenvalue weighted by atomic mass is 10.2. The molecule has 0 bridgehead atoms. The molecule has 0 amide bonds. The predicted molar refractivity (Wildman–Crippen MR) is 71.6 cm³/mol. The van der Waals surface area contributed by atoms with E-state index in [0.29, 0.717) is 0 Å². The van der Waals surface area contributed by atoms with Crippen molar-refractivity contribution in [3.63, 3.8) is 0 Å². The normalized spacial score (nSPS) is 12.6. The highest BCUT2D eigenvalue weighted by atomic mass is 79.9. The number of nitrogens with one attached hydrogen (secondary N) is 1. The van der Waals surface area contributed by atoms with Crippen LogP contribution in [0, 0.1) is 0 Å². The number of anilines is 1. The van der Waals surface area contributed by atoms with E-state index < -0.39 is 0 Å². The van der Waals surface area contributed by atoms with Crippen molar-refractivity contribution in [2.24, 2.45) is 0 Å². The Morgan fingerprint density at radius 3 is 2.35 bits per heavy atom. The maximum Gasteiger partial charge on any atom is 0.176 e. The molecular weight excluding hydrogens is 286 g/mol. The number of ether oxygens (including phenoxy) is 3. The summed E-state index contributed by atoms with van der Waals surface area (Å²) in [6.45, 7) is 1.99. The average Bonchev–Trinajstić information content (AvgIpc) is 2.33. The summed E-state index contributed by atoms with van der Waals surface area (Å²) in [6.07, 6.45) is -0.287. The van der Waals surface area contributed by atoms with Crippen LogP contribution < -0.4 is 10.1 Å². The van der Waals surface area contributed by atoms with Crippen molar-refractivity contribution in [2.45, 2.75) is 19.3 Å². The Bertz CT molecular complexity index is 356. The van der Waals surface area contributed by atoms with Crippen LogP contribution in [0.2, 0.25) is 0 Å². The highest BCUT2D eigenvalue weighted by Crippen LogP contribution is 2.28. The molecule has 1 unspecified atom stereocenters. The van der Waals surface area contributed by atoms with Crippen LogP contribution in [0.4, 0.5) is 5.69 Å². The molecule has 1 rings (SSSR count). The van der Waals surface area contributed by atoms with E-state index in [4.69, 9.17) is 14.2 Å². The Balaban J connectivity index is 2.74. The Morgan fingerprint density at radius 1 is 1.18 bits per heavy atom. The summed E-state index contributed by atoms with van der Waals surface area (Å²) >= 11 is 3.41. The van der Waals surface area contributed by atoms with Crippen molar-refractivity contribution >= 4 is 21.6 Å². The summed E-state index contributed by atoms with van der Waals surface area (Å²) in [7, 11) is 4.88. The third-order valence-corrected chi connectivity index (χ3v) is 3.07. The highest BCUT2D eigenvalue weighted by Gasteiger charge is 2.15. The Kier molecular flexibility index (Phi) is 5.74. The predicted octanol–water partition coefficient (Wildman–Crippen LogP) is 2.88. The van der Waals surface area contributed by atoms with Crippen LogP contribution in [-0.4, -0.2) is 33.7 Å². The molecule has 4 nitrogen and oxygen atoms in total. The fraction of sp³-hybridized carbons (Fsp3) is 0.500. The molecule has 0 aliphatic rings. The number of benzene rings is 1. The number of hydrogen-bond acceptors (Lipinski definition) is 4. The Labute approximate surface area is 110 Å². The molecule has 1 atom stereocenters. The Hall–Kier alpha value is -0.780. The molecule has 0 aliphatic carbocycles. The summed E-state index contributed by atoms with van der Waals surface area (Å²) in [5, 5.41) is 3.29. The largest absolute Gasteiger partial charge is 0.495 e.